The molecule has 4 aliphatic carbocycles. The number of imidazole rings is 3. The third-order valence-electron chi connectivity index (χ3n) is 18.8. The minimum absolute atomic E-state index is 0.392. The van der Waals surface area contributed by atoms with Crippen LogP contribution in [0.5, 0.6) is 0 Å². The van der Waals surface area contributed by atoms with Crippen LogP contribution in [0.4, 0.5) is 0 Å². The van der Waals surface area contributed by atoms with Gasteiger partial charge >= 0.3 is 0 Å². The van der Waals surface area contributed by atoms with E-state index in [1.165, 1.54) is 119 Å². The van der Waals surface area contributed by atoms with E-state index in [0.717, 1.165) is 92.5 Å². The topological polar surface area (TPSA) is 157 Å². The molecule has 0 bridgehead atoms. The lowest BCUT2D eigenvalue weighted by molar-refractivity contribution is 0.182. The van der Waals surface area contributed by atoms with Gasteiger partial charge in [-0.25, -0.2) is 29.9 Å². The molecule has 0 saturated heterocycles. The number of fused-ring (bicyclic) bond motifs is 6. The van der Waals surface area contributed by atoms with Crippen molar-refractivity contribution in [2.45, 2.75) is 564 Å². The van der Waals surface area contributed by atoms with Crippen LogP contribution < -0.4 is 0 Å². The molecule has 732 valence electrons. The molecule has 13 nitrogen and oxygen atoms in total. The van der Waals surface area contributed by atoms with Crippen molar-refractivity contribution in [1.82, 2.24) is 54.7 Å². The summed E-state index contributed by atoms with van der Waals surface area (Å²) in [4.78, 5) is 44.9. The van der Waals surface area contributed by atoms with Gasteiger partial charge in [0, 0.05) is 114 Å². The number of aryl methyl sites for hydroxylation is 4. The van der Waals surface area contributed by atoms with E-state index < -0.39 is 0 Å². The molecule has 6 aromatic heterocycles. The van der Waals surface area contributed by atoms with E-state index in [2.05, 4.69) is 206 Å². The quantitative estimate of drug-likeness (QED) is 0.108. The lowest BCUT2D eigenvalue weighted by Crippen LogP contribution is -2.35. The summed E-state index contributed by atoms with van der Waals surface area (Å²) in [6.07, 6.45) is 11.9. The predicted octanol–water partition coefficient (Wildman–Crippen LogP) is 37.2. The number of thiazole rings is 1. The molecule has 2 aliphatic heterocycles. The van der Waals surface area contributed by atoms with Crippen LogP contribution in [0.2, 0.25) is 0 Å². The molecule has 0 aromatic carbocycles. The van der Waals surface area contributed by atoms with Crippen LogP contribution >= 0.6 is 11.3 Å². The van der Waals surface area contributed by atoms with Gasteiger partial charge in [-0.15, -0.1) is 11.3 Å². The van der Waals surface area contributed by atoms with Crippen LogP contribution in [0.25, 0.3) is 0 Å². The van der Waals surface area contributed by atoms with E-state index in [4.69, 9.17) is 23.8 Å². The van der Waals surface area contributed by atoms with Crippen molar-refractivity contribution in [2.24, 2.45) is 23.7 Å². The highest BCUT2D eigenvalue weighted by atomic mass is 32.1. The maximum atomic E-state index is 5.85. The Labute approximate surface area is 772 Å². The second kappa shape index (κ2) is 92.8. The molecule has 0 saturated carbocycles. The van der Waals surface area contributed by atoms with Crippen molar-refractivity contribution in [3.8, 4) is 0 Å². The zero-order valence-corrected chi connectivity index (χ0v) is 95.3. The molecule has 0 amide bonds. The highest BCUT2D eigenvalue weighted by molar-refractivity contribution is 7.12. The van der Waals surface area contributed by atoms with Crippen molar-refractivity contribution in [3.63, 3.8) is 0 Å². The molecule has 122 heavy (non-hydrogen) atoms. The van der Waals surface area contributed by atoms with Gasteiger partial charge in [0.2, 0.25) is 0 Å². The number of H-pyrrole nitrogens is 3. The van der Waals surface area contributed by atoms with Gasteiger partial charge in [-0.2, -0.15) is 0 Å². The maximum Gasteiger partial charge on any atom is 0.197 e. The van der Waals surface area contributed by atoms with E-state index in [1.54, 1.807) is 4.88 Å². The third-order valence-corrected chi connectivity index (χ3v) is 20.3. The van der Waals surface area contributed by atoms with E-state index in [9.17, 15) is 0 Å². The fourth-order valence-electron chi connectivity index (χ4n) is 12.9. The molecule has 4 atom stereocenters. The Morgan fingerprint density at radius 1 is 0.279 bits per heavy atom. The fraction of sp³-hybridized carbons (Fsp3) is 0.833. The average molecular weight is 1740 g/mol. The highest BCUT2D eigenvalue weighted by Gasteiger charge is 2.34. The summed E-state index contributed by atoms with van der Waals surface area (Å²) in [5.74, 6) is 16.1. The summed E-state index contributed by atoms with van der Waals surface area (Å²) in [6.45, 7) is 130. The van der Waals surface area contributed by atoms with Gasteiger partial charge in [-0.1, -0.05) is 388 Å². The minimum atomic E-state index is 0.392. The van der Waals surface area contributed by atoms with Crippen molar-refractivity contribution in [3.05, 3.63) is 102 Å². The van der Waals surface area contributed by atoms with Crippen LogP contribution in [-0.4, -0.2) is 79.8 Å². The lowest BCUT2D eigenvalue weighted by atomic mass is 9.94. The third kappa shape index (κ3) is 52.8. The Kier molecular flexibility index (Phi) is 109. The number of nitrogens with one attached hydrogen (secondary N) is 3. The van der Waals surface area contributed by atoms with Crippen LogP contribution in [0.15, 0.2) is 8.83 Å². The Balaban J connectivity index is -0.000000111. The molecule has 12 rings (SSSR count). The first-order valence-electron chi connectivity index (χ1n) is 52.2. The smallest absolute Gasteiger partial charge is 0.197 e. The maximum absolute atomic E-state index is 5.85. The number of nitrogens with zero attached hydrogens (tertiary/aromatic N) is 8. The molecule has 0 radical (unpaired) electrons. The van der Waals surface area contributed by atoms with Gasteiger partial charge in [0.15, 0.2) is 11.8 Å². The Morgan fingerprint density at radius 2 is 0.582 bits per heavy atom. The predicted molar refractivity (Wildman–Crippen MR) is 562 cm³/mol. The first kappa shape index (κ1) is 143. The normalized spacial score (nSPS) is 14.8. The summed E-state index contributed by atoms with van der Waals surface area (Å²) in [6, 6.07) is 1.22. The van der Waals surface area contributed by atoms with Crippen molar-refractivity contribution < 1.29 is 8.83 Å². The fourth-order valence-corrected chi connectivity index (χ4v) is 14.3. The summed E-state index contributed by atoms with van der Waals surface area (Å²) in [5.41, 5.74) is 11.9. The molecule has 14 heteroatoms. The molecular weight excluding hydrogens is 1520 g/mol. The monoisotopic (exact) mass is 1740 g/mol. The van der Waals surface area contributed by atoms with Gasteiger partial charge < -0.3 is 23.8 Å². The molecular formula is C108H227N11O2S. The number of oxazole rings is 2. The van der Waals surface area contributed by atoms with Gasteiger partial charge in [0.1, 0.15) is 29.0 Å². The lowest BCUT2D eigenvalue weighted by Gasteiger charge is -2.29. The number of aromatic nitrogens is 9. The molecule has 4 unspecified atom stereocenters. The molecule has 6 aliphatic rings. The molecule has 6 aromatic rings. The van der Waals surface area contributed by atoms with Crippen molar-refractivity contribution in [1.29, 1.82) is 0 Å². The largest absolute Gasteiger partial charge is 0.445 e. The molecule has 8 heterocycles. The second-order valence-corrected chi connectivity index (χ2v) is 30.8. The van der Waals surface area contributed by atoms with Gasteiger partial charge in [0.25, 0.3) is 0 Å². The zero-order valence-electron chi connectivity index (χ0n) is 94.4. The number of hydrogen-bond acceptors (Lipinski definition) is 11. The van der Waals surface area contributed by atoms with Crippen molar-refractivity contribution >= 4 is 11.3 Å². The standard InChI is InChI=1S/C12H21N3.C12H20N2O.2C12H20N2.C12H19NO.C12H19NS.18C2H6/c1-8(2)12-13-10-5-6-15(9(3)4)7-11(10)14-12;1-8(2)12-13-10-5-6-14(9(3)4)7-11(10)15-12;4*1-7(2)9-5-6-10-11(9)14-12(13-10)8(3)4;18*1-2/h8-9H,5-7H2,1-4H3,(H,13,14);8-9H,5-7H2,1-4H3;2*7-9H,5-6H2,1-4H3,(H,13,14);2*7-9H,5-6H2,1-4H3;18*1-2H3. The van der Waals surface area contributed by atoms with Gasteiger partial charge in [-0.3, -0.25) is 9.80 Å². The molecule has 0 fully saturated rings. The first-order valence-corrected chi connectivity index (χ1v) is 53.0. The zero-order chi connectivity index (χ0) is 99.2. The Hall–Kier alpha value is -4.40. The summed E-state index contributed by atoms with van der Waals surface area (Å²) >= 11 is 1.96. The van der Waals surface area contributed by atoms with E-state index in [0.29, 0.717) is 71.3 Å². The van der Waals surface area contributed by atoms with Crippen LogP contribution in [0.1, 0.15) is 602 Å². The summed E-state index contributed by atoms with van der Waals surface area (Å²) in [5, 5.41) is 1.33. The average Bonchev–Trinajstić information content (AvgIpc) is 1.66. The SMILES string of the molecule is CC.CC.CC.CC.CC.CC.CC.CC.CC.CC.CC.CC.CC.CC.CC.CC.CC.CC.CC(C)c1nc2c([nH]1)CCC2C(C)C.CC(C)c1nc2c([nH]1)CCC2C(C)C.CC(C)c1nc2c([nH]1)CN(C(C)C)CC2.CC(C)c1nc2c(o1)C(C(C)C)CC2.CC(C)c1nc2c(o1)CN(C(C)C)CC2.CC(C)c1nc2c(s1)C(C(C)C)CC2. The van der Waals surface area contributed by atoms with Crippen LogP contribution in [0.3, 0.4) is 0 Å². The van der Waals surface area contributed by atoms with E-state index in [1.807, 2.05) is 261 Å². The van der Waals surface area contributed by atoms with E-state index in [-0.39, 0.29) is 0 Å². The number of hydrogen-bond donors (Lipinski definition) is 3. The second-order valence-electron chi connectivity index (χ2n) is 29.8. The van der Waals surface area contributed by atoms with Gasteiger partial charge in [-0.05, 0) is 109 Å². The minimum Gasteiger partial charge on any atom is -0.445 e. The van der Waals surface area contributed by atoms with Crippen LogP contribution in [0, 0.1) is 23.7 Å². The Bertz CT molecular complexity index is 2700. The summed E-state index contributed by atoms with van der Waals surface area (Å²) in [7, 11) is 0. The van der Waals surface area contributed by atoms with Crippen molar-refractivity contribution in [2.75, 3.05) is 13.1 Å². The van der Waals surface area contributed by atoms with Gasteiger partial charge in [0.05, 0.1) is 51.4 Å². The Morgan fingerprint density at radius 3 is 0.918 bits per heavy atom. The summed E-state index contributed by atoms with van der Waals surface area (Å²) < 4.78 is 11.6. The van der Waals surface area contributed by atoms with E-state index >= 15 is 0 Å². The highest BCUT2D eigenvalue weighted by Crippen LogP contribution is 2.44. The molecule has 0 spiro atoms. The van der Waals surface area contributed by atoms with Crippen LogP contribution in [-0.2, 0) is 51.6 Å². The number of rotatable bonds is 12. The first-order chi connectivity index (χ1) is 58.5. The molecule has 3 N–H and O–H groups in total. The number of aromatic amines is 3.